The van der Waals surface area contributed by atoms with E-state index >= 15 is 0 Å². The summed E-state index contributed by atoms with van der Waals surface area (Å²) >= 11 is 3.53. The standard InChI is InChI=1S/C14H17BrN2O2/c1-2-18-14-10-9-16-17(12(10)7-6-11(14)15)13-5-3-4-8-19-13/h6-7,9,13H,2-5,8H2,1H3. The lowest BCUT2D eigenvalue weighted by molar-refractivity contribution is -0.0366. The summed E-state index contributed by atoms with van der Waals surface area (Å²) in [6.07, 6.45) is 5.29. The number of halogens is 1. The predicted molar refractivity (Wildman–Crippen MR) is 77.4 cm³/mol. The lowest BCUT2D eigenvalue weighted by atomic mass is 10.2. The predicted octanol–water partition coefficient (Wildman–Crippen LogP) is 3.90. The molecule has 0 N–H and O–H groups in total. The van der Waals surface area contributed by atoms with E-state index < -0.39 is 0 Å². The number of fused-ring (bicyclic) bond motifs is 1. The Kier molecular flexibility index (Phi) is 3.75. The molecule has 5 heteroatoms. The summed E-state index contributed by atoms with van der Waals surface area (Å²) in [7, 11) is 0. The van der Waals surface area contributed by atoms with Crippen molar-refractivity contribution in [2.45, 2.75) is 32.4 Å². The molecule has 102 valence electrons. The van der Waals surface area contributed by atoms with Gasteiger partial charge in [0.15, 0.2) is 6.23 Å². The van der Waals surface area contributed by atoms with Crippen LogP contribution in [0.15, 0.2) is 22.8 Å². The number of hydrogen-bond acceptors (Lipinski definition) is 3. The Labute approximate surface area is 120 Å². The first-order valence-corrected chi connectivity index (χ1v) is 7.50. The number of nitrogens with zero attached hydrogens (tertiary/aromatic N) is 2. The fourth-order valence-corrected chi connectivity index (χ4v) is 2.97. The molecule has 1 atom stereocenters. The van der Waals surface area contributed by atoms with Crippen LogP contribution in [-0.4, -0.2) is 23.0 Å². The molecule has 1 saturated heterocycles. The van der Waals surface area contributed by atoms with Crippen LogP contribution in [0, 0.1) is 0 Å². The van der Waals surface area contributed by atoms with Gasteiger partial charge in [0.25, 0.3) is 0 Å². The van der Waals surface area contributed by atoms with Gasteiger partial charge in [-0.1, -0.05) is 0 Å². The number of aromatic nitrogens is 2. The maximum absolute atomic E-state index is 5.81. The van der Waals surface area contributed by atoms with E-state index in [2.05, 4.69) is 27.1 Å². The van der Waals surface area contributed by atoms with Gasteiger partial charge in [0.1, 0.15) is 5.75 Å². The van der Waals surface area contributed by atoms with Gasteiger partial charge in [-0.2, -0.15) is 5.10 Å². The maximum atomic E-state index is 5.81. The van der Waals surface area contributed by atoms with Crippen molar-refractivity contribution in [3.63, 3.8) is 0 Å². The monoisotopic (exact) mass is 324 g/mol. The van der Waals surface area contributed by atoms with Crippen LogP contribution in [-0.2, 0) is 4.74 Å². The fourth-order valence-electron chi connectivity index (χ4n) is 2.51. The van der Waals surface area contributed by atoms with Crippen LogP contribution >= 0.6 is 15.9 Å². The van der Waals surface area contributed by atoms with Gasteiger partial charge >= 0.3 is 0 Å². The number of rotatable bonds is 3. The molecule has 1 aliphatic heterocycles. The molecular weight excluding hydrogens is 308 g/mol. The normalized spacial score (nSPS) is 19.8. The Balaban J connectivity index is 2.05. The van der Waals surface area contributed by atoms with E-state index in [1.807, 2.05) is 23.9 Å². The van der Waals surface area contributed by atoms with Crippen LogP contribution in [0.1, 0.15) is 32.4 Å². The summed E-state index contributed by atoms with van der Waals surface area (Å²) in [5, 5.41) is 5.53. The highest BCUT2D eigenvalue weighted by molar-refractivity contribution is 9.10. The number of hydrogen-bond donors (Lipinski definition) is 0. The Morgan fingerprint density at radius 3 is 3.11 bits per heavy atom. The minimum Gasteiger partial charge on any atom is -0.492 e. The third-order valence-corrected chi connectivity index (χ3v) is 4.02. The van der Waals surface area contributed by atoms with Crippen LogP contribution in [0.2, 0.25) is 0 Å². The first-order valence-electron chi connectivity index (χ1n) is 6.71. The van der Waals surface area contributed by atoms with Gasteiger partial charge in [-0.05, 0) is 54.2 Å². The van der Waals surface area contributed by atoms with Crippen LogP contribution in [0.25, 0.3) is 10.9 Å². The van der Waals surface area contributed by atoms with Crippen LogP contribution in [0.3, 0.4) is 0 Å². The smallest absolute Gasteiger partial charge is 0.150 e. The van der Waals surface area contributed by atoms with Crippen LogP contribution in [0.4, 0.5) is 0 Å². The number of benzene rings is 1. The van der Waals surface area contributed by atoms with Crippen molar-refractivity contribution < 1.29 is 9.47 Å². The van der Waals surface area contributed by atoms with Crippen molar-refractivity contribution >= 4 is 26.8 Å². The minimum atomic E-state index is 0.0573. The van der Waals surface area contributed by atoms with Gasteiger partial charge < -0.3 is 9.47 Å². The fraction of sp³-hybridized carbons (Fsp3) is 0.500. The number of ether oxygens (including phenoxy) is 2. The average Bonchev–Trinajstić information content (AvgIpc) is 2.87. The van der Waals surface area contributed by atoms with Crippen molar-refractivity contribution in [3.05, 3.63) is 22.8 Å². The second-order valence-corrected chi connectivity index (χ2v) is 5.51. The average molecular weight is 325 g/mol. The molecule has 0 radical (unpaired) electrons. The van der Waals surface area contributed by atoms with E-state index in [0.717, 1.165) is 40.6 Å². The minimum absolute atomic E-state index is 0.0573. The zero-order valence-corrected chi connectivity index (χ0v) is 12.5. The van der Waals surface area contributed by atoms with E-state index in [1.165, 1.54) is 6.42 Å². The Bertz CT molecular complexity index is 576. The van der Waals surface area contributed by atoms with Crippen molar-refractivity contribution in [2.24, 2.45) is 0 Å². The third kappa shape index (κ3) is 2.37. The van der Waals surface area contributed by atoms with E-state index in [1.54, 1.807) is 0 Å². The molecule has 2 heterocycles. The highest BCUT2D eigenvalue weighted by Crippen LogP contribution is 2.35. The zero-order chi connectivity index (χ0) is 13.2. The molecule has 19 heavy (non-hydrogen) atoms. The lowest BCUT2D eigenvalue weighted by Gasteiger charge is -2.23. The summed E-state index contributed by atoms with van der Waals surface area (Å²) in [5.41, 5.74) is 1.07. The van der Waals surface area contributed by atoms with E-state index in [-0.39, 0.29) is 6.23 Å². The van der Waals surface area contributed by atoms with Crippen molar-refractivity contribution in [1.82, 2.24) is 9.78 Å². The Morgan fingerprint density at radius 2 is 2.37 bits per heavy atom. The second kappa shape index (κ2) is 5.51. The molecule has 4 nitrogen and oxygen atoms in total. The van der Waals surface area contributed by atoms with E-state index in [0.29, 0.717) is 6.61 Å². The summed E-state index contributed by atoms with van der Waals surface area (Å²) < 4.78 is 14.5. The van der Waals surface area contributed by atoms with Crippen LogP contribution < -0.4 is 4.74 Å². The second-order valence-electron chi connectivity index (χ2n) is 4.65. The molecule has 1 fully saturated rings. The Morgan fingerprint density at radius 1 is 1.47 bits per heavy atom. The van der Waals surface area contributed by atoms with Gasteiger partial charge in [-0.15, -0.1) is 0 Å². The molecule has 1 aliphatic rings. The van der Waals surface area contributed by atoms with Crippen molar-refractivity contribution in [2.75, 3.05) is 13.2 Å². The highest BCUT2D eigenvalue weighted by Gasteiger charge is 2.20. The van der Waals surface area contributed by atoms with Crippen molar-refractivity contribution in [1.29, 1.82) is 0 Å². The zero-order valence-electron chi connectivity index (χ0n) is 10.9. The largest absolute Gasteiger partial charge is 0.492 e. The van der Waals surface area contributed by atoms with Gasteiger partial charge in [0.05, 0.1) is 28.2 Å². The molecule has 0 aliphatic carbocycles. The SMILES string of the molecule is CCOc1c(Br)ccc2c1cnn2C1CCCCO1. The molecule has 1 unspecified atom stereocenters. The van der Waals surface area contributed by atoms with E-state index in [9.17, 15) is 0 Å². The summed E-state index contributed by atoms with van der Waals surface area (Å²) in [6, 6.07) is 4.07. The Hall–Kier alpha value is -1.07. The first kappa shape index (κ1) is 12.9. The van der Waals surface area contributed by atoms with Crippen molar-refractivity contribution in [3.8, 4) is 5.75 Å². The third-order valence-electron chi connectivity index (χ3n) is 3.40. The quantitative estimate of drug-likeness (QED) is 0.859. The molecule has 0 saturated carbocycles. The van der Waals surface area contributed by atoms with Crippen LogP contribution in [0.5, 0.6) is 5.75 Å². The van der Waals surface area contributed by atoms with Gasteiger partial charge in [-0.3, -0.25) is 0 Å². The van der Waals surface area contributed by atoms with Gasteiger partial charge in [0.2, 0.25) is 0 Å². The molecule has 2 aromatic rings. The maximum Gasteiger partial charge on any atom is 0.150 e. The molecular formula is C14H17BrN2O2. The van der Waals surface area contributed by atoms with Gasteiger partial charge in [-0.25, -0.2) is 4.68 Å². The molecule has 0 spiro atoms. The summed E-state index contributed by atoms with van der Waals surface area (Å²) in [4.78, 5) is 0. The van der Waals surface area contributed by atoms with E-state index in [4.69, 9.17) is 9.47 Å². The molecule has 0 bridgehead atoms. The summed E-state index contributed by atoms with van der Waals surface area (Å²) in [6.45, 7) is 3.45. The molecule has 3 rings (SSSR count). The topological polar surface area (TPSA) is 36.3 Å². The molecule has 1 aromatic carbocycles. The lowest BCUT2D eigenvalue weighted by Crippen LogP contribution is -2.18. The first-order chi connectivity index (χ1) is 9.31. The summed E-state index contributed by atoms with van der Waals surface area (Å²) in [5.74, 6) is 0.863. The molecule has 0 amide bonds. The van der Waals surface area contributed by atoms with Gasteiger partial charge in [0, 0.05) is 6.61 Å². The highest BCUT2D eigenvalue weighted by atomic mass is 79.9. The molecule has 1 aromatic heterocycles.